The molecule has 3 aromatic rings. The second-order valence-electron chi connectivity index (χ2n) is 7.05. The second kappa shape index (κ2) is 8.78. The van der Waals surface area contributed by atoms with Gasteiger partial charge in [0.05, 0.1) is 5.69 Å². The van der Waals surface area contributed by atoms with Gasteiger partial charge in [0.25, 0.3) is 5.91 Å². The lowest BCUT2D eigenvalue weighted by Gasteiger charge is -2.15. The summed E-state index contributed by atoms with van der Waals surface area (Å²) in [5.41, 5.74) is 4.77. The van der Waals surface area contributed by atoms with Crippen molar-refractivity contribution in [3.8, 4) is 11.3 Å². The lowest BCUT2D eigenvalue weighted by atomic mass is 10.0. The van der Waals surface area contributed by atoms with Gasteiger partial charge in [-0.2, -0.15) is 5.10 Å². The Labute approximate surface area is 166 Å². The summed E-state index contributed by atoms with van der Waals surface area (Å²) in [4.78, 5) is 21.6. The van der Waals surface area contributed by atoms with Crippen LogP contribution in [0.2, 0.25) is 0 Å². The highest BCUT2D eigenvalue weighted by molar-refractivity contribution is 5.94. The predicted molar refractivity (Wildman–Crippen MR) is 110 cm³/mol. The Kier molecular flexibility index (Phi) is 6.19. The number of carbonyl (C=O) groups is 1. The van der Waals surface area contributed by atoms with Gasteiger partial charge in [0, 0.05) is 41.8 Å². The van der Waals surface area contributed by atoms with Gasteiger partial charge in [0.1, 0.15) is 5.82 Å². The lowest BCUT2D eigenvalue weighted by Crippen LogP contribution is -2.33. The van der Waals surface area contributed by atoms with Gasteiger partial charge in [0.2, 0.25) is 0 Å². The highest BCUT2D eigenvalue weighted by Gasteiger charge is 2.13. The topological polar surface area (TPSA) is 72.7 Å². The normalized spacial score (nSPS) is 12.0. The summed E-state index contributed by atoms with van der Waals surface area (Å²) >= 11 is 0. The smallest absolute Gasteiger partial charge is 0.251 e. The molecule has 146 valence electrons. The molecule has 0 aliphatic rings. The van der Waals surface area contributed by atoms with Crippen molar-refractivity contribution in [2.75, 3.05) is 0 Å². The van der Waals surface area contributed by atoms with Crippen LogP contribution in [0.1, 0.15) is 47.7 Å². The van der Waals surface area contributed by atoms with E-state index in [1.54, 1.807) is 6.20 Å². The van der Waals surface area contributed by atoms with Crippen LogP contribution in [-0.2, 0) is 13.0 Å². The van der Waals surface area contributed by atoms with Gasteiger partial charge in [-0.05, 0) is 57.4 Å². The van der Waals surface area contributed by atoms with Crippen molar-refractivity contribution in [3.05, 3.63) is 65.4 Å². The van der Waals surface area contributed by atoms with Crippen LogP contribution in [0.5, 0.6) is 0 Å². The molecule has 0 saturated carbocycles. The third kappa shape index (κ3) is 4.63. The van der Waals surface area contributed by atoms with Crippen LogP contribution >= 0.6 is 0 Å². The second-order valence-corrected chi connectivity index (χ2v) is 7.05. The van der Waals surface area contributed by atoms with Crippen LogP contribution in [0.4, 0.5) is 0 Å². The molecular formula is C22H27N5O. The first-order valence-electron chi connectivity index (χ1n) is 9.70. The van der Waals surface area contributed by atoms with E-state index in [0.717, 1.165) is 47.7 Å². The molecule has 3 rings (SSSR count). The maximum atomic E-state index is 12.5. The predicted octanol–water partition coefficient (Wildman–Crippen LogP) is 3.73. The Balaban J connectivity index is 1.68. The first-order chi connectivity index (χ1) is 13.5. The van der Waals surface area contributed by atoms with Crippen LogP contribution in [0.3, 0.4) is 0 Å². The number of hydrogen-bond donors (Lipinski definition) is 1. The minimum atomic E-state index is -0.0646. The summed E-state index contributed by atoms with van der Waals surface area (Å²) in [6.45, 7) is 8.82. The molecule has 6 nitrogen and oxygen atoms in total. The van der Waals surface area contributed by atoms with Crippen molar-refractivity contribution in [1.29, 1.82) is 0 Å². The van der Waals surface area contributed by atoms with E-state index in [-0.39, 0.29) is 11.9 Å². The fourth-order valence-electron chi connectivity index (χ4n) is 3.32. The zero-order valence-electron chi connectivity index (χ0n) is 16.9. The molecule has 0 unspecified atom stereocenters. The zero-order chi connectivity index (χ0) is 20.1. The number of nitrogens with one attached hydrogen (secondary N) is 1. The van der Waals surface area contributed by atoms with E-state index >= 15 is 0 Å². The molecule has 0 spiro atoms. The van der Waals surface area contributed by atoms with Crippen molar-refractivity contribution in [3.63, 3.8) is 0 Å². The average Bonchev–Trinajstić information content (AvgIpc) is 3.19. The van der Waals surface area contributed by atoms with E-state index in [0.29, 0.717) is 5.56 Å². The molecule has 0 aliphatic heterocycles. The molecular weight excluding hydrogens is 350 g/mol. The Morgan fingerprint density at radius 1 is 1.18 bits per heavy atom. The molecule has 1 atom stereocenters. The minimum Gasteiger partial charge on any atom is -0.350 e. The van der Waals surface area contributed by atoms with Gasteiger partial charge in [0.15, 0.2) is 0 Å². The molecule has 0 aliphatic carbocycles. The Hall–Kier alpha value is -3.02. The largest absolute Gasteiger partial charge is 0.350 e. The molecule has 1 aromatic carbocycles. The van der Waals surface area contributed by atoms with Gasteiger partial charge < -0.3 is 5.32 Å². The standard InChI is InChI=1S/C22H27N5O/c1-5-20-16(3)25-17(4)26-21(20)18-7-9-19(10-8-18)22(28)24-15(2)11-14-27-13-6-12-23-27/h6-10,12-13,15H,5,11,14H2,1-4H3,(H,24,28)/t15-/m0/s1. The fraction of sp³-hybridized carbons (Fsp3) is 0.364. The molecule has 0 fully saturated rings. The summed E-state index contributed by atoms with van der Waals surface area (Å²) in [5.74, 6) is 0.697. The van der Waals surface area contributed by atoms with Crippen LogP contribution in [0.25, 0.3) is 11.3 Å². The summed E-state index contributed by atoms with van der Waals surface area (Å²) < 4.78 is 1.87. The Morgan fingerprint density at radius 3 is 2.57 bits per heavy atom. The maximum Gasteiger partial charge on any atom is 0.251 e. The van der Waals surface area contributed by atoms with Crippen LogP contribution in [-0.4, -0.2) is 31.7 Å². The number of aromatic nitrogens is 4. The van der Waals surface area contributed by atoms with E-state index < -0.39 is 0 Å². The number of amides is 1. The van der Waals surface area contributed by atoms with Crippen LogP contribution < -0.4 is 5.32 Å². The third-order valence-corrected chi connectivity index (χ3v) is 4.83. The summed E-state index contributed by atoms with van der Waals surface area (Å²) in [5, 5.41) is 7.24. The SMILES string of the molecule is CCc1c(C)nc(C)nc1-c1ccc(C(=O)N[C@@H](C)CCn2cccn2)cc1. The number of carbonyl (C=O) groups excluding carboxylic acids is 1. The molecule has 0 radical (unpaired) electrons. The van der Waals surface area contributed by atoms with E-state index in [4.69, 9.17) is 0 Å². The van der Waals surface area contributed by atoms with E-state index in [9.17, 15) is 4.79 Å². The van der Waals surface area contributed by atoms with E-state index in [1.165, 1.54) is 0 Å². The third-order valence-electron chi connectivity index (χ3n) is 4.83. The first-order valence-corrected chi connectivity index (χ1v) is 9.70. The van der Waals surface area contributed by atoms with Crippen molar-refractivity contribution >= 4 is 5.91 Å². The molecule has 1 N–H and O–H groups in total. The van der Waals surface area contributed by atoms with Crippen LogP contribution in [0.15, 0.2) is 42.7 Å². The number of rotatable bonds is 7. The zero-order valence-corrected chi connectivity index (χ0v) is 16.9. The van der Waals surface area contributed by atoms with Gasteiger partial charge in [-0.3, -0.25) is 9.48 Å². The highest BCUT2D eigenvalue weighted by atomic mass is 16.1. The quantitative estimate of drug-likeness (QED) is 0.681. The van der Waals surface area contributed by atoms with Gasteiger partial charge in [-0.25, -0.2) is 9.97 Å². The molecule has 2 heterocycles. The van der Waals surface area contributed by atoms with Gasteiger partial charge in [-0.1, -0.05) is 19.1 Å². The number of nitrogens with zero attached hydrogens (tertiary/aromatic N) is 4. The average molecular weight is 377 g/mol. The highest BCUT2D eigenvalue weighted by Crippen LogP contribution is 2.24. The minimum absolute atomic E-state index is 0.0646. The first kappa shape index (κ1) is 19.7. The lowest BCUT2D eigenvalue weighted by molar-refractivity contribution is 0.0937. The number of benzene rings is 1. The van der Waals surface area contributed by atoms with Crippen molar-refractivity contribution in [2.24, 2.45) is 0 Å². The van der Waals surface area contributed by atoms with E-state index in [1.807, 2.05) is 62.0 Å². The maximum absolute atomic E-state index is 12.5. The number of aryl methyl sites for hydroxylation is 3. The van der Waals surface area contributed by atoms with Crippen molar-refractivity contribution in [1.82, 2.24) is 25.1 Å². The molecule has 2 aromatic heterocycles. The summed E-state index contributed by atoms with van der Waals surface area (Å²) in [7, 11) is 0. The van der Waals surface area contributed by atoms with E-state index in [2.05, 4.69) is 27.3 Å². The molecule has 6 heteroatoms. The Morgan fingerprint density at radius 2 is 1.93 bits per heavy atom. The number of hydrogen-bond acceptors (Lipinski definition) is 4. The fourth-order valence-corrected chi connectivity index (χ4v) is 3.32. The monoisotopic (exact) mass is 377 g/mol. The molecule has 0 saturated heterocycles. The summed E-state index contributed by atoms with van der Waals surface area (Å²) in [6, 6.07) is 9.60. The molecule has 28 heavy (non-hydrogen) atoms. The van der Waals surface area contributed by atoms with Gasteiger partial charge in [-0.15, -0.1) is 0 Å². The van der Waals surface area contributed by atoms with Gasteiger partial charge >= 0.3 is 0 Å². The van der Waals surface area contributed by atoms with Crippen LogP contribution in [0, 0.1) is 13.8 Å². The summed E-state index contributed by atoms with van der Waals surface area (Å²) in [6.07, 6.45) is 5.38. The van der Waals surface area contributed by atoms with Crippen molar-refractivity contribution in [2.45, 2.75) is 53.1 Å². The van der Waals surface area contributed by atoms with Crippen molar-refractivity contribution < 1.29 is 4.79 Å². The Bertz CT molecular complexity index is 932. The molecule has 1 amide bonds. The molecule has 0 bridgehead atoms.